The van der Waals surface area contributed by atoms with Crippen LogP contribution in [0.5, 0.6) is 0 Å². The van der Waals surface area contributed by atoms with Gasteiger partial charge < -0.3 is 10.0 Å². The van der Waals surface area contributed by atoms with E-state index in [0.717, 1.165) is 12.1 Å². The van der Waals surface area contributed by atoms with Crippen molar-refractivity contribution in [1.29, 1.82) is 0 Å². The van der Waals surface area contributed by atoms with E-state index in [1.807, 2.05) is 24.0 Å². The van der Waals surface area contributed by atoms with Gasteiger partial charge in [0.1, 0.15) is 5.82 Å². The van der Waals surface area contributed by atoms with Gasteiger partial charge in [0.25, 0.3) is 0 Å². The van der Waals surface area contributed by atoms with E-state index in [0.29, 0.717) is 12.4 Å². The molecule has 0 aliphatic heterocycles. The second kappa shape index (κ2) is 5.90. The van der Waals surface area contributed by atoms with E-state index in [-0.39, 0.29) is 5.69 Å². The lowest BCUT2D eigenvalue weighted by Crippen LogP contribution is -2.23. The van der Waals surface area contributed by atoms with Crippen LogP contribution >= 0.6 is 0 Å². The molecule has 19 heavy (non-hydrogen) atoms. The van der Waals surface area contributed by atoms with Gasteiger partial charge in [0, 0.05) is 25.5 Å². The fourth-order valence-corrected chi connectivity index (χ4v) is 1.66. The van der Waals surface area contributed by atoms with Gasteiger partial charge in [-0.05, 0) is 24.6 Å². The number of rotatable bonds is 5. The molecule has 6 heteroatoms. The molecule has 0 aliphatic rings. The van der Waals surface area contributed by atoms with Crippen molar-refractivity contribution < 1.29 is 9.90 Å². The molecule has 0 radical (unpaired) electrons. The van der Waals surface area contributed by atoms with Crippen molar-refractivity contribution in [2.45, 2.75) is 13.5 Å². The summed E-state index contributed by atoms with van der Waals surface area (Å²) in [6.07, 6.45) is 6.23. The maximum atomic E-state index is 10.7. The molecule has 0 fully saturated rings. The first kappa shape index (κ1) is 12.9. The van der Waals surface area contributed by atoms with Gasteiger partial charge in [0.05, 0.1) is 12.4 Å². The van der Waals surface area contributed by atoms with Gasteiger partial charge in [-0.1, -0.05) is 0 Å². The van der Waals surface area contributed by atoms with Crippen molar-refractivity contribution in [3.05, 3.63) is 48.2 Å². The standard InChI is InChI=1S/C13H14N4O2/c1-2-17(9-10-3-5-14-6-4-10)12-8-15-11(7-16-12)13(18)19/h3-8H,2,9H2,1H3,(H,18,19). The minimum absolute atomic E-state index is 0.0521. The van der Waals surface area contributed by atoms with Gasteiger partial charge in [-0.25, -0.2) is 14.8 Å². The first-order valence-electron chi connectivity index (χ1n) is 5.90. The Hall–Kier alpha value is -2.50. The second-order valence-corrected chi connectivity index (χ2v) is 3.93. The molecule has 0 aliphatic carbocycles. The zero-order valence-corrected chi connectivity index (χ0v) is 10.5. The van der Waals surface area contributed by atoms with Gasteiger partial charge >= 0.3 is 5.97 Å². The summed E-state index contributed by atoms with van der Waals surface area (Å²) in [5, 5.41) is 8.78. The summed E-state index contributed by atoms with van der Waals surface area (Å²) in [6, 6.07) is 3.86. The van der Waals surface area contributed by atoms with Crippen LogP contribution in [-0.2, 0) is 6.54 Å². The van der Waals surface area contributed by atoms with Crippen LogP contribution in [-0.4, -0.2) is 32.6 Å². The minimum Gasteiger partial charge on any atom is -0.476 e. The van der Waals surface area contributed by atoms with Crippen LogP contribution in [0.2, 0.25) is 0 Å². The average Bonchev–Trinajstić information content (AvgIpc) is 2.46. The third kappa shape index (κ3) is 3.25. The average molecular weight is 258 g/mol. The molecule has 0 saturated heterocycles. The lowest BCUT2D eigenvalue weighted by molar-refractivity contribution is 0.0690. The predicted octanol–water partition coefficient (Wildman–Crippen LogP) is 1.60. The number of hydrogen-bond acceptors (Lipinski definition) is 5. The molecule has 0 saturated carbocycles. The Morgan fingerprint density at radius 3 is 2.53 bits per heavy atom. The molecule has 0 atom stereocenters. The third-order valence-corrected chi connectivity index (χ3v) is 2.69. The number of carbonyl (C=O) groups is 1. The number of carboxylic acid groups (broad SMARTS) is 1. The van der Waals surface area contributed by atoms with Gasteiger partial charge in [-0.3, -0.25) is 4.98 Å². The number of nitrogens with zero attached hydrogens (tertiary/aromatic N) is 4. The fraction of sp³-hybridized carbons (Fsp3) is 0.231. The lowest BCUT2D eigenvalue weighted by Gasteiger charge is -2.21. The molecule has 2 rings (SSSR count). The van der Waals surface area contributed by atoms with Gasteiger partial charge in [-0.15, -0.1) is 0 Å². The maximum Gasteiger partial charge on any atom is 0.356 e. The number of pyridine rings is 1. The predicted molar refractivity (Wildman–Crippen MR) is 70.0 cm³/mol. The summed E-state index contributed by atoms with van der Waals surface area (Å²) in [7, 11) is 0. The van der Waals surface area contributed by atoms with Crippen molar-refractivity contribution in [2.75, 3.05) is 11.4 Å². The molecule has 0 amide bonds. The first-order chi connectivity index (χ1) is 9.20. The molecule has 2 aromatic rings. The zero-order valence-electron chi connectivity index (χ0n) is 10.5. The molecule has 6 nitrogen and oxygen atoms in total. The van der Waals surface area contributed by atoms with E-state index < -0.39 is 5.97 Å². The Kier molecular flexibility index (Phi) is 4.02. The smallest absolute Gasteiger partial charge is 0.356 e. The van der Waals surface area contributed by atoms with E-state index in [1.54, 1.807) is 12.4 Å². The molecular weight excluding hydrogens is 244 g/mol. The van der Waals surface area contributed by atoms with Crippen molar-refractivity contribution in [1.82, 2.24) is 15.0 Å². The number of aromatic carboxylic acids is 1. The van der Waals surface area contributed by atoms with Crippen LogP contribution < -0.4 is 4.90 Å². The van der Waals surface area contributed by atoms with Crippen LogP contribution in [0, 0.1) is 0 Å². The van der Waals surface area contributed by atoms with Crippen LogP contribution in [0.3, 0.4) is 0 Å². The monoisotopic (exact) mass is 258 g/mol. The lowest BCUT2D eigenvalue weighted by atomic mass is 10.2. The molecule has 2 heterocycles. The Labute approximate surface area is 110 Å². The summed E-state index contributed by atoms with van der Waals surface area (Å²) in [5.41, 5.74) is 1.06. The van der Waals surface area contributed by atoms with E-state index in [4.69, 9.17) is 5.11 Å². The molecule has 1 N–H and O–H groups in total. The Bertz CT molecular complexity index is 542. The zero-order chi connectivity index (χ0) is 13.7. The van der Waals surface area contributed by atoms with Gasteiger partial charge in [0.2, 0.25) is 0 Å². The molecule has 98 valence electrons. The summed E-state index contributed by atoms with van der Waals surface area (Å²) in [6.45, 7) is 3.44. The third-order valence-electron chi connectivity index (χ3n) is 2.69. The summed E-state index contributed by atoms with van der Waals surface area (Å²) < 4.78 is 0. The van der Waals surface area contributed by atoms with Crippen LogP contribution in [0.4, 0.5) is 5.82 Å². The maximum absolute atomic E-state index is 10.7. The molecular formula is C13H14N4O2. The summed E-state index contributed by atoms with van der Waals surface area (Å²) in [5.74, 6) is -0.416. The van der Waals surface area contributed by atoms with Crippen molar-refractivity contribution in [2.24, 2.45) is 0 Å². The van der Waals surface area contributed by atoms with Crippen LogP contribution in [0.25, 0.3) is 0 Å². The number of aromatic nitrogens is 3. The minimum atomic E-state index is -1.07. The second-order valence-electron chi connectivity index (χ2n) is 3.93. The van der Waals surface area contributed by atoms with E-state index in [1.165, 1.54) is 12.4 Å². The Morgan fingerprint density at radius 2 is 2.00 bits per heavy atom. The molecule has 0 spiro atoms. The van der Waals surface area contributed by atoms with E-state index in [9.17, 15) is 4.79 Å². The van der Waals surface area contributed by atoms with Crippen molar-refractivity contribution in [3.63, 3.8) is 0 Å². The summed E-state index contributed by atoms with van der Waals surface area (Å²) >= 11 is 0. The first-order valence-corrected chi connectivity index (χ1v) is 5.90. The van der Waals surface area contributed by atoms with E-state index >= 15 is 0 Å². The highest BCUT2D eigenvalue weighted by molar-refractivity contribution is 5.84. The van der Waals surface area contributed by atoms with Crippen LogP contribution in [0.1, 0.15) is 23.0 Å². The highest BCUT2D eigenvalue weighted by Crippen LogP contribution is 2.12. The Morgan fingerprint density at radius 1 is 1.26 bits per heavy atom. The molecule has 0 aromatic carbocycles. The Balaban J connectivity index is 2.15. The number of anilines is 1. The number of hydrogen-bond donors (Lipinski definition) is 1. The van der Waals surface area contributed by atoms with Gasteiger partial charge in [0.15, 0.2) is 5.69 Å². The number of carboxylic acids is 1. The highest BCUT2D eigenvalue weighted by Gasteiger charge is 2.09. The molecule has 0 bridgehead atoms. The quantitative estimate of drug-likeness (QED) is 0.877. The molecule has 0 unspecified atom stereocenters. The normalized spacial score (nSPS) is 10.2. The van der Waals surface area contributed by atoms with Crippen molar-refractivity contribution >= 4 is 11.8 Å². The summed E-state index contributed by atoms with van der Waals surface area (Å²) in [4.78, 5) is 24.7. The largest absolute Gasteiger partial charge is 0.476 e. The fourth-order valence-electron chi connectivity index (χ4n) is 1.66. The van der Waals surface area contributed by atoms with E-state index in [2.05, 4.69) is 15.0 Å². The van der Waals surface area contributed by atoms with Gasteiger partial charge in [-0.2, -0.15) is 0 Å². The SMILES string of the molecule is CCN(Cc1ccncc1)c1cnc(C(=O)O)cn1. The molecule has 2 aromatic heterocycles. The van der Waals surface area contributed by atoms with Crippen molar-refractivity contribution in [3.8, 4) is 0 Å². The van der Waals surface area contributed by atoms with Crippen LogP contribution in [0.15, 0.2) is 36.9 Å². The highest BCUT2D eigenvalue weighted by atomic mass is 16.4. The topological polar surface area (TPSA) is 79.2 Å².